The number of sulfonamides is 1. The maximum absolute atomic E-state index is 13.6. The Bertz CT molecular complexity index is 1460. The molecule has 0 fully saturated rings. The SMILES string of the molecule is CCOC(=O)c1c(NC(=O)CN(c2cccc(C(F)(F)F)c2)S(=O)(=O)c2ccc(C)cc2)sc2c1CCC2. The number of amides is 1. The quantitative estimate of drug-likeness (QED) is 0.360. The van der Waals surface area contributed by atoms with Gasteiger partial charge in [-0.2, -0.15) is 13.2 Å². The second-order valence-electron chi connectivity index (χ2n) is 8.70. The van der Waals surface area contributed by atoms with Crippen molar-refractivity contribution in [2.45, 2.75) is 44.2 Å². The van der Waals surface area contributed by atoms with Crippen molar-refractivity contribution in [3.8, 4) is 0 Å². The summed E-state index contributed by atoms with van der Waals surface area (Å²) in [6, 6.07) is 9.53. The van der Waals surface area contributed by atoms with E-state index in [1.165, 1.54) is 29.5 Å². The van der Waals surface area contributed by atoms with E-state index >= 15 is 0 Å². The fourth-order valence-electron chi connectivity index (χ4n) is 4.20. The molecule has 12 heteroatoms. The monoisotopic (exact) mass is 566 g/mol. The Morgan fingerprint density at radius 2 is 1.82 bits per heavy atom. The standard InChI is InChI=1S/C26H25F3N2O5S2/c1-3-36-25(33)23-20-8-5-9-21(20)37-24(23)30-22(32)15-31(18-7-4-6-17(14-18)26(27,28)29)38(34,35)19-12-10-16(2)11-13-19/h4,6-7,10-14H,3,5,8-9,15H2,1-2H3,(H,30,32). The number of thiophene rings is 1. The van der Waals surface area contributed by atoms with E-state index < -0.39 is 40.2 Å². The van der Waals surface area contributed by atoms with Crippen LogP contribution in [0.15, 0.2) is 53.4 Å². The summed E-state index contributed by atoms with van der Waals surface area (Å²) < 4.78 is 73.2. The van der Waals surface area contributed by atoms with Gasteiger partial charge < -0.3 is 10.1 Å². The van der Waals surface area contributed by atoms with Crippen LogP contribution in [0.3, 0.4) is 0 Å². The predicted molar refractivity (Wildman–Crippen MR) is 138 cm³/mol. The first kappa shape index (κ1) is 27.6. The predicted octanol–water partition coefficient (Wildman–Crippen LogP) is 5.57. The molecule has 4 rings (SSSR count). The molecule has 0 bridgehead atoms. The molecule has 0 unspecified atom stereocenters. The number of carbonyl (C=O) groups excluding carboxylic acids is 2. The third kappa shape index (κ3) is 5.70. The van der Waals surface area contributed by atoms with Gasteiger partial charge in [0.2, 0.25) is 5.91 Å². The smallest absolute Gasteiger partial charge is 0.416 e. The minimum atomic E-state index is -4.72. The Morgan fingerprint density at radius 1 is 1.11 bits per heavy atom. The molecular weight excluding hydrogens is 541 g/mol. The zero-order valence-electron chi connectivity index (χ0n) is 20.6. The lowest BCUT2D eigenvalue weighted by Gasteiger charge is -2.25. The first-order valence-electron chi connectivity index (χ1n) is 11.8. The number of nitrogens with zero attached hydrogens (tertiary/aromatic N) is 1. The molecule has 0 spiro atoms. The van der Waals surface area contributed by atoms with E-state index in [9.17, 15) is 31.2 Å². The third-order valence-corrected chi connectivity index (χ3v) is 9.01. The van der Waals surface area contributed by atoms with Crippen LogP contribution in [0.1, 0.15) is 45.3 Å². The lowest BCUT2D eigenvalue weighted by molar-refractivity contribution is -0.137. The van der Waals surface area contributed by atoms with Gasteiger partial charge in [0.15, 0.2) is 0 Å². The highest BCUT2D eigenvalue weighted by Crippen LogP contribution is 2.40. The number of esters is 1. The van der Waals surface area contributed by atoms with E-state index in [0.717, 1.165) is 41.0 Å². The molecule has 1 aromatic heterocycles. The number of halogens is 3. The number of ether oxygens (including phenoxy) is 1. The van der Waals surface area contributed by atoms with Crippen LogP contribution in [0.25, 0.3) is 0 Å². The van der Waals surface area contributed by atoms with Gasteiger partial charge in [0, 0.05) is 4.88 Å². The summed E-state index contributed by atoms with van der Waals surface area (Å²) in [6.45, 7) is 2.73. The van der Waals surface area contributed by atoms with Crippen molar-refractivity contribution >= 4 is 43.9 Å². The van der Waals surface area contributed by atoms with Crippen LogP contribution in [0.4, 0.5) is 23.9 Å². The number of carbonyl (C=O) groups is 2. The molecule has 0 saturated carbocycles. The highest BCUT2D eigenvalue weighted by atomic mass is 32.2. The summed E-state index contributed by atoms with van der Waals surface area (Å²) in [5, 5.41) is 2.84. The van der Waals surface area contributed by atoms with E-state index in [2.05, 4.69) is 5.32 Å². The summed E-state index contributed by atoms with van der Waals surface area (Å²) in [6.07, 6.45) is -2.47. The Hall–Kier alpha value is -3.38. The van der Waals surface area contributed by atoms with Gasteiger partial charge in [-0.3, -0.25) is 9.10 Å². The number of nitrogens with one attached hydrogen (secondary N) is 1. The third-order valence-electron chi connectivity index (χ3n) is 6.01. The molecule has 0 atom stereocenters. The molecule has 0 saturated heterocycles. The van der Waals surface area contributed by atoms with Gasteiger partial charge in [0.1, 0.15) is 11.5 Å². The van der Waals surface area contributed by atoms with Crippen molar-refractivity contribution in [2.24, 2.45) is 0 Å². The van der Waals surface area contributed by atoms with Gasteiger partial charge in [-0.25, -0.2) is 13.2 Å². The highest BCUT2D eigenvalue weighted by molar-refractivity contribution is 7.92. The Labute approximate surface area is 222 Å². The highest BCUT2D eigenvalue weighted by Gasteiger charge is 2.34. The molecule has 0 radical (unpaired) electrons. The number of alkyl halides is 3. The maximum atomic E-state index is 13.6. The normalized spacial score (nSPS) is 13.2. The maximum Gasteiger partial charge on any atom is 0.416 e. The molecule has 38 heavy (non-hydrogen) atoms. The number of fused-ring (bicyclic) bond motifs is 1. The summed E-state index contributed by atoms with van der Waals surface area (Å²) in [4.78, 5) is 26.6. The van der Waals surface area contributed by atoms with Crippen LogP contribution >= 0.6 is 11.3 Å². The minimum Gasteiger partial charge on any atom is -0.462 e. The number of benzene rings is 2. The number of anilines is 2. The number of hydrogen-bond acceptors (Lipinski definition) is 6. The second-order valence-corrected chi connectivity index (χ2v) is 11.7. The van der Waals surface area contributed by atoms with Crippen molar-refractivity contribution in [3.05, 3.63) is 75.7 Å². The van der Waals surface area contributed by atoms with E-state index in [1.54, 1.807) is 26.0 Å². The first-order chi connectivity index (χ1) is 17.9. The van der Waals surface area contributed by atoms with Crippen LogP contribution in [-0.4, -0.2) is 33.4 Å². The van der Waals surface area contributed by atoms with Gasteiger partial charge in [-0.1, -0.05) is 23.8 Å². The van der Waals surface area contributed by atoms with Crippen LogP contribution in [0, 0.1) is 6.92 Å². The summed E-state index contributed by atoms with van der Waals surface area (Å²) >= 11 is 1.22. The minimum absolute atomic E-state index is 0.134. The molecule has 202 valence electrons. The van der Waals surface area contributed by atoms with Crippen molar-refractivity contribution in [1.29, 1.82) is 0 Å². The van der Waals surface area contributed by atoms with Crippen molar-refractivity contribution in [2.75, 3.05) is 22.8 Å². The molecule has 3 aromatic rings. The van der Waals surface area contributed by atoms with E-state index in [1.807, 2.05) is 0 Å². The lowest BCUT2D eigenvalue weighted by atomic mass is 10.1. The number of rotatable bonds is 8. The molecular formula is C26H25F3N2O5S2. The molecule has 1 amide bonds. The Balaban J connectivity index is 1.71. The van der Waals surface area contributed by atoms with E-state index in [0.29, 0.717) is 16.8 Å². The largest absolute Gasteiger partial charge is 0.462 e. The van der Waals surface area contributed by atoms with Gasteiger partial charge in [0.25, 0.3) is 10.0 Å². The van der Waals surface area contributed by atoms with Gasteiger partial charge in [0.05, 0.1) is 28.3 Å². The average Bonchev–Trinajstić information content (AvgIpc) is 3.43. The van der Waals surface area contributed by atoms with Crippen LogP contribution in [0.5, 0.6) is 0 Å². The molecule has 0 aliphatic heterocycles. The fraction of sp³-hybridized carbons (Fsp3) is 0.308. The topological polar surface area (TPSA) is 92.8 Å². The summed E-state index contributed by atoms with van der Waals surface area (Å²) in [5.41, 5.74) is 0.439. The molecule has 1 aliphatic rings. The summed E-state index contributed by atoms with van der Waals surface area (Å²) in [5.74, 6) is -1.41. The zero-order chi connectivity index (χ0) is 27.7. The first-order valence-corrected chi connectivity index (χ1v) is 14.1. The van der Waals surface area contributed by atoms with Crippen molar-refractivity contribution < 1.29 is 35.9 Å². The van der Waals surface area contributed by atoms with Crippen LogP contribution < -0.4 is 9.62 Å². The molecule has 2 aromatic carbocycles. The van der Waals surface area contributed by atoms with Crippen molar-refractivity contribution in [1.82, 2.24) is 0 Å². The molecule has 1 heterocycles. The molecule has 7 nitrogen and oxygen atoms in total. The van der Waals surface area contributed by atoms with E-state index in [4.69, 9.17) is 4.74 Å². The van der Waals surface area contributed by atoms with Gasteiger partial charge >= 0.3 is 12.1 Å². The van der Waals surface area contributed by atoms with Crippen LogP contribution in [-0.2, 0) is 38.6 Å². The number of hydrogen-bond donors (Lipinski definition) is 1. The lowest BCUT2D eigenvalue weighted by Crippen LogP contribution is -2.38. The zero-order valence-corrected chi connectivity index (χ0v) is 22.2. The average molecular weight is 567 g/mol. The van der Waals surface area contributed by atoms with Crippen molar-refractivity contribution in [3.63, 3.8) is 0 Å². The number of aryl methyl sites for hydroxylation is 2. The van der Waals surface area contributed by atoms with Gasteiger partial charge in [-0.05, 0) is 69.0 Å². The fourth-order valence-corrected chi connectivity index (χ4v) is 6.90. The molecule has 1 aliphatic carbocycles. The Morgan fingerprint density at radius 3 is 2.47 bits per heavy atom. The molecule has 1 N–H and O–H groups in total. The van der Waals surface area contributed by atoms with Crippen LogP contribution in [0.2, 0.25) is 0 Å². The Kier molecular flexibility index (Phi) is 7.84. The summed E-state index contributed by atoms with van der Waals surface area (Å²) in [7, 11) is -4.44. The van der Waals surface area contributed by atoms with E-state index in [-0.39, 0.29) is 27.8 Å². The van der Waals surface area contributed by atoms with Gasteiger partial charge in [-0.15, -0.1) is 11.3 Å². The second kappa shape index (κ2) is 10.8.